The number of fused-ring (bicyclic) bond motifs is 1. The molecule has 1 unspecified atom stereocenters. The minimum atomic E-state index is -0.731. The van der Waals surface area contributed by atoms with Crippen LogP contribution in [0, 0.1) is 0 Å². The maximum atomic E-state index is 12.9. The lowest BCUT2D eigenvalue weighted by Crippen LogP contribution is -2.36. The van der Waals surface area contributed by atoms with E-state index in [1.54, 1.807) is 48.5 Å². The van der Waals surface area contributed by atoms with E-state index in [9.17, 15) is 19.2 Å². The summed E-state index contributed by atoms with van der Waals surface area (Å²) in [6, 6.07) is 24.6. The smallest absolute Gasteiger partial charge is 0.343 e. The van der Waals surface area contributed by atoms with Crippen molar-refractivity contribution in [3.8, 4) is 17.2 Å². The molecule has 0 spiro atoms. The van der Waals surface area contributed by atoms with Crippen molar-refractivity contribution < 1.29 is 57.4 Å². The van der Waals surface area contributed by atoms with Gasteiger partial charge in [-0.25, -0.2) is 19.2 Å². The molecule has 0 radical (unpaired) electrons. The third-order valence-electron chi connectivity index (χ3n) is 7.78. The number of benzene rings is 4. The molecule has 0 bridgehead atoms. The van der Waals surface area contributed by atoms with Gasteiger partial charge >= 0.3 is 23.9 Å². The lowest BCUT2D eigenvalue weighted by molar-refractivity contribution is -0.0287. The topological polar surface area (TPSA) is 153 Å². The third-order valence-corrected chi connectivity index (χ3v) is 7.78. The molecule has 1 N–H and O–H groups in total. The molecule has 4 aromatic carbocycles. The van der Waals surface area contributed by atoms with Gasteiger partial charge in [0.05, 0.1) is 49.2 Å². The first-order chi connectivity index (χ1) is 23.3. The minimum Gasteiger partial charge on any atom is -0.497 e. The van der Waals surface area contributed by atoms with Gasteiger partial charge in [0, 0.05) is 0 Å². The minimum absolute atomic E-state index is 0.0498. The number of hydrogen-bond acceptors (Lipinski definition) is 12. The Morgan fingerprint density at radius 1 is 0.562 bits per heavy atom. The van der Waals surface area contributed by atoms with Crippen molar-refractivity contribution in [3.63, 3.8) is 0 Å². The van der Waals surface area contributed by atoms with Crippen LogP contribution in [0.3, 0.4) is 0 Å². The molecule has 4 atom stereocenters. The summed E-state index contributed by atoms with van der Waals surface area (Å²) in [4.78, 5) is 50.6. The van der Waals surface area contributed by atoms with Gasteiger partial charge in [-0.15, -0.1) is 0 Å². The predicted molar refractivity (Wildman–Crippen MR) is 166 cm³/mol. The van der Waals surface area contributed by atoms with Crippen LogP contribution in [0.5, 0.6) is 17.2 Å². The molecular weight excluding hydrogens is 624 g/mol. The van der Waals surface area contributed by atoms with Crippen LogP contribution in [-0.2, 0) is 25.6 Å². The lowest BCUT2D eigenvalue weighted by atomic mass is 10.1. The highest BCUT2D eigenvalue weighted by atomic mass is 16.7. The SMILES string of the molecule is COc1ccc(C(=O)Oc2ccc(C(=O)O[C@H]3CO[C@@H]4C(OC(=O)c5ccc(OC(=O)c6ccc(CO)cc6)cc5)CO[C@H]34)cc2)cc1. The highest BCUT2D eigenvalue weighted by molar-refractivity contribution is 5.93. The van der Waals surface area contributed by atoms with Crippen molar-refractivity contribution in [2.24, 2.45) is 0 Å². The molecule has 12 heteroatoms. The summed E-state index contributed by atoms with van der Waals surface area (Å²) in [6.07, 6.45) is -2.73. The summed E-state index contributed by atoms with van der Waals surface area (Å²) >= 11 is 0. The molecule has 48 heavy (non-hydrogen) atoms. The zero-order valence-electron chi connectivity index (χ0n) is 25.6. The van der Waals surface area contributed by atoms with Gasteiger partial charge < -0.3 is 38.3 Å². The van der Waals surface area contributed by atoms with Gasteiger partial charge in [-0.3, -0.25) is 0 Å². The van der Waals surface area contributed by atoms with Gasteiger partial charge in [0.15, 0.2) is 12.2 Å². The van der Waals surface area contributed by atoms with E-state index in [2.05, 4.69) is 0 Å². The van der Waals surface area contributed by atoms with Crippen molar-refractivity contribution in [2.45, 2.75) is 31.0 Å². The molecule has 2 saturated heterocycles. The first-order valence-corrected chi connectivity index (χ1v) is 14.9. The summed E-state index contributed by atoms with van der Waals surface area (Å²) in [5.74, 6) is -1.29. The van der Waals surface area contributed by atoms with Gasteiger partial charge in [0.2, 0.25) is 0 Å². The van der Waals surface area contributed by atoms with Gasteiger partial charge in [-0.1, -0.05) is 12.1 Å². The highest BCUT2D eigenvalue weighted by Gasteiger charge is 2.51. The summed E-state index contributed by atoms with van der Waals surface area (Å²) in [7, 11) is 1.53. The number of hydrogen-bond donors (Lipinski definition) is 1. The quantitative estimate of drug-likeness (QED) is 0.193. The molecule has 6 rings (SSSR count). The monoisotopic (exact) mass is 654 g/mol. The largest absolute Gasteiger partial charge is 0.497 e. The molecule has 0 amide bonds. The van der Waals surface area contributed by atoms with E-state index in [1.807, 2.05) is 0 Å². The molecule has 2 aliphatic heterocycles. The van der Waals surface area contributed by atoms with Crippen LogP contribution in [0.15, 0.2) is 97.1 Å². The molecular formula is C36H30O12. The van der Waals surface area contributed by atoms with E-state index >= 15 is 0 Å². The van der Waals surface area contributed by atoms with Crippen molar-refractivity contribution in [1.29, 1.82) is 0 Å². The highest BCUT2D eigenvalue weighted by Crippen LogP contribution is 2.32. The Kier molecular flexibility index (Phi) is 9.76. The van der Waals surface area contributed by atoms with Crippen LogP contribution < -0.4 is 14.2 Å². The van der Waals surface area contributed by atoms with E-state index in [0.717, 1.165) is 0 Å². The van der Waals surface area contributed by atoms with Crippen molar-refractivity contribution in [2.75, 3.05) is 20.3 Å². The molecule has 2 heterocycles. The Morgan fingerprint density at radius 3 is 1.29 bits per heavy atom. The van der Waals surface area contributed by atoms with Crippen LogP contribution in [0.1, 0.15) is 47.0 Å². The summed E-state index contributed by atoms with van der Waals surface area (Å²) in [5.41, 5.74) is 1.79. The van der Waals surface area contributed by atoms with E-state index in [-0.39, 0.29) is 42.4 Å². The number of carbonyl (C=O) groups is 4. The number of carbonyl (C=O) groups excluding carboxylic acids is 4. The maximum absolute atomic E-state index is 12.9. The van der Waals surface area contributed by atoms with Gasteiger partial charge in [0.1, 0.15) is 29.5 Å². The third kappa shape index (κ3) is 7.36. The van der Waals surface area contributed by atoms with E-state index < -0.39 is 48.3 Å². The molecule has 4 aromatic rings. The molecule has 0 aromatic heterocycles. The zero-order valence-corrected chi connectivity index (χ0v) is 25.6. The van der Waals surface area contributed by atoms with E-state index in [1.165, 1.54) is 55.6 Å². The molecule has 0 saturated carbocycles. The second kappa shape index (κ2) is 14.5. The summed E-state index contributed by atoms with van der Waals surface area (Å²) in [5, 5.41) is 9.15. The zero-order chi connectivity index (χ0) is 33.6. The summed E-state index contributed by atoms with van der Waals surface area (Å²) in [6.45, 7) is -0.0316. The second-order valence-electron chi connectivity index (χ2n) is 10.9. The molecule has 0 aliphatic carbocycles. The van der Waals surface area contributed by atoms with Crippen molar-refractivity contribution in [1.82, 2.24) is 0 Å². The molecule has 2 fully saturated rings. The average molecular weight is 655 g/mol. The number of esters is 4. The normalized spacial score (nSPS) is 19.5. The first kappa shape index (κ1) is 32.4. The summed E-state index contributed by atoms with van der Waals surface area (Å²) < 4.78 is 38.7. The second-order valence-corrected chi connectivity index (χ2v) is 10.9. The number of aliphatic hydroxyl groups excluding tert-OH is 1. The maximum Gasteiger partial charge on any atom is 0.343 e. The number of methoxy groups -OCH3 is 1. The van der Waals surface area contributed by atoms with Crippen molar-refractivity contribution >= 4 is 23.9 Å². The Labute approximate surface area is 274 Å². The van der Waals surface area contributed by atoms with Gasteiger partial charge in [-0.05, 0) is 90.5 Å². The van der Waals surface area contributed by atoms with Crippen LogP contribution in [0.2, 0.25) is 0 Å². The van der Waals surface area contributed by atoms with Crippen LogP contribution in [0.4, 0.5) is 0 Å². The fraction of sp³-hybridized carbons (Fsp3) is 0.222. The van der Waals surface area contributed by atoms with Gasteiger partial charge in [-0.2, -0.15) is 0 Å². The number of aliphatic hydroxyl groups is 1. The van der Waals surface area contributed by atoms with Crippen LogP contribution in [-0.4, -0.2) is 73.7 Å². The molecule has 246 valence electrons. The predicted octanol–water partition coefficient (Wildman–Crippen LogP) is 4.17. The number of ether oxygens (including phenoxy) is 7. The fourth-order valence-electron chi connectivity index (χ4n) is 5.17. The Bertz CT molecular complexity index is 1630. The number of rotatable bonds is 10. The Hall–Kier alpha value is -5.56. The van der Waals surface area contributed by atoms with Crippen LogP contribution in [0.25, 0.3) is 0 Å². The van der Waals surface area contributed by atoms with E-state index in [0.29, 0.717) is 22.4 Å². The average Bonchev–Trinajstić information content (AvgIpc) is 3.71. The Balaban J connectivity index is 0.977. The lowest BCUT2D eigenvalue weighted by Gasteiger charge is -2.17. The fourth-order valence-corrected chi connectivity index (χ4v) is 5.17. The Morgan fingerprint density at radius 2 is 0.917 bits per heavy atom. The first-order valence-electron chi connectivity index (χ1n) is 14.9. The van der Waals surface area contributed by atoms with Gasteiger partial charge in [0.25, 0.3) is 0 Å². The standard InChI is InChI=1S/C36H30O12/c1-42-26-12-6-23(7-13-26)34(39)46-28-16-10-25(11-17-28)36(41)48-30-20-44-31-29(19-43-32(30)31)47-35(40)24-8-14-27(15-9-24)45-33(38)22-4-2-21(18-37)3-5-22/h2-17,29-32,37H,18-20H2,1H3/t29?,30-,31+,32+/m0/s1. The van der Waals surface area contributed by atoms with E-state index in [4.69, 9.17) is 38.3 Å². The van der Waals surface area contributed by atoms with Crippen LogP contribution >= 0.6 is 0 Å². The molecule has 12 nitrogen and oxygen atoms in total. The molecule has 2 aliphatic rings. The van der Waals surface area contributed by atoms with Crippen molar-refractivity contribution in [3.05, 3.63) is 125 Å².